The van der Waals surface area contributed by atoms with Gasteiger partial charge in [-0.15, -0.1) is 0 Å². The molecule has 9 aliphatic carbocycles. The summed E-state index contributed by atoms with van der Waals surface area (Å²) in [5, 5.41) is 30.6. The number of carbonyl (C=O) groups is 3. The van der Waals surface area contributed by atoms with Gasteiger partial charge < -0.3 is 29.6 Å². The molecule has 1 saturated heterocycles. The standard InChI is InChI=1S/C29H29FN4O4S.C21H20F2N4O2.C20H22BFN2O4S.C14H16ClFN2O2.CH4.Y/c1-16-3-9-20(10-4-16)39(37,38)34-15-23(22-11-17(2)13-32-28(22)34)27-31-14-24(30)25(33-27)12-21-18-5-7-19(8-6-18)26(21)29(35)36;22-12-5-14-15(8-25-19(14)24-7-12)20-26-9-16(23)17(27-20)6-13-10-1-3-11(4-2-10)18(13)21(28)29;1-13-6-8-15(9-7-13)29(25,26)24-12-17(16-10-14(22)11-23-18(16)24)21-27-19(2,3)20(4,5)28-21;15-14-17-6-10(16)11(18-14)5-9-7-1-3-8(4-2-7)12(9)13(19)20;;/h3-4,9-11,13-15,18-19,21,26H,5-8,12H2,1-2H3,(H,35,36);5,7-11,13,18H,1-4,6H2,(H,24,25)(H,28,29);6-12H,1-5H3;6-9,12H,1-5H2,(H,19,20);1H4;/t18?,19?,21?,26-;10?,11?,13?,18-;;7?,8?,9?,12-;;/m00.0../s1. The molecule has 6 bridgehead atoms. The Morgan fingerprint density at radius 1 is 0.487 bits per heavy atom. The van der Waals surface area contributed by atoms with Crippen molar-refractivity contribution in [3.8, 4) is 22.8 Å². The molecule has 9 saturated carbocycles. The molecule has 1 radical (unpaired) electrons. The zero-order chi connectivity index (χ0) is 83.1. The molecule has 6 atom stereocenters. The number of aliphatic carboxylic acids is 3. The second-order valence-corrected chi connectivity index (χ2v) is 37.2. The Bertz CT molecular complexity index is 5890. The van der Waals surface area contributed by atoms with Crippen molar-refractivity contribution >= 4 is 95.2 Å². The summed E-state index contributed by atoms with van der Waals surface area (Å²) in [5.74, 6) is -4.95. The number of aromatic amines is 1. The van der Waals surface area contributed by atoms with Crippen LogP contribution in [0.2, 0.25) is 5.28 Å². The van der Waals surface area contributed by atoms with Crippen molar-refractivity contribution in [1.29, 1.82) is 0 Å². The van der Waals surface area contributed by atoms with Crippen LogP contribution in [0, 0.1) is 121 Å². The van der Waals surface area contributed by atoms with E-state index in [0.717, 1.165) is 133 Å². The summed E-state index contributed by atoms with van der Waals surface area (Å²) in [7, 11) is -8.77. The van der Waals surface area contributed by atoms with Gasteiger partial charge in [-0.05, 0) is 258 Å². The normalized spacial score (nSPS) is 23.8. The molecule has 11 aromatic rings. The number of H-pyrrole nitrogens is 1. The number of nitrogens with zero attached hydrogens (tertiary/aromatic N) is 11. The first-order valence-electron chi connectivity index (χ1n) is 39.3. The Hall–Kier alpha value is -8.91. The number of nitrogens with one attached hydrogen (secondary N) is 1. The minimum Gasteiger partial charge on any atom is -0.481 e. The molecule has 34 heteroatoms. The molecule has 10 heterocycles. The van der Waals surface area contributed by atoms with Crippen LogP contribution in [0.1, 0.15) is 146 Å². The Morgan fingerprint density at radius 2 is 0.866 bits per heavy atom. The second kappa shape index (κ2) is 34.9. The van der Waals surface area contributed by atoms with Gasteiger partial charge in [-0.1, -0.05) is 42.8 Å². The monoisotopic (exact) mass is 1770 g/mol. The molecular weight excluding hydrogens is 1680 g/mol. The van der Waals surface area contributed by atoms with Crippen LogP contribution >= 0.6 is 11.6 Å². The van der Waals surface area contributed by atoms with Gasteiger partial charge in [0, 0.05) is 90.2 Å². The molecule has 3 unspecified atom stereocenters. The van der Waals surface area contributed by atoms with E-state index in [0.29, 0.717) is 50.7 Å². The zero-order valence-electron chi connectivity index (χ0n) is 65.8. The number of hydrogen-bond acceptors (Lipinski definition) is 18. The summed E-state index contributed by atoms with van der Waals surface area (Å²) in [5.41, 5.74) is 4.28. The molecular formula is C85H91BClF5N12O12S2Y. The van der Waals surface area contributed by atoms with E-state index in [1.807, 2.05) is 54.5 Å². The SMILES string of the molecule is C.Cc1ccc(S(=O)(=O)n2cc(-c3ncc(F)c(CC4C5CCC(CC5)[C@@H]4C(=O)O)n3)c3cc(C)cnc32)cc1.Cc1ccc(S(=O)(=O)n2cc(B3OC(C)(C)C(C)(C)O3)c3cc(F)cnc32)cc1.O=C(O)[C@H]1C2CCC(CC2)C1Cc1nc(-c2c[nH]c3ncc(F)cc23)ncc1F.O=C(O)[C@H]1C2CCC(CC2)C1Cc1nc(Cl)ncc1F.[Y]. The van der Waals surface area contributed by atoms with Gasteiger partial charge in [-0.3, -0.25) is 14.4 Å². The predicted octanol–water partition coefficient (Wildman–Crippen LogP) is 15.7. The predicted molar refractivity (Wildman–Crippen MR) is 430 cm³/mol. The number of aryl methyl sites for hydroxylation is 3. The van der Waals surface area contributed by atoms with E-state index < -0.39 is 97.2 Å². The minimum absolute atomic E-state index is 0. The van der Waals surface area contributed by atoms with Gasteiger partial charge in [0.15, 0.2) is 40.4 Å². The molecule has 21 rings (SSSR count). The number of aromatic nitrogens is 12. The third-order valence-electron chi connectivity index (χ3n) is 25.7. The largest absolute Gasteiger partial charge is 0.497 e. The molecule has 119 heavy (non-hydrogen) atoms. The maximum atomic E-state index is 15.1. The minimum atomic E-state index is -3.99. The average Bonchev–Trinajstić information content (AvgIpc) is 1.63. The Kier molecular flexibility index (Phi) is 25.8. The van der Waals surface area contributed by atoms with Crippen molar-refractivity contribution in [2.75, 3.05) is 0 Å². The van der Waals surface area contributed by atoms with Crippen molar-refractivity contribution in [3.05, 3.63) is 191 Å². The van der Waals surface area contributed by atoms with E-state index in [2.05, 4.69) is 49.8 Å². The topological polar surface area (TPSA) is 340 Å². The summed E-state index contributed by atoms with van der Waals surface area (Å²) in [6, 6.07) is 17.5. The first kappa shape index (κ1) is 87.9. The first-order chi connectivity index (χ1) is 55.6. The molecule has 9 aromatic heterocycles. The Balaban J connectivity index is 0.000000140. The number of halogens is 6. The van der Waals surface area contributed by atoms with Gasteiger partial charge in [0.25, 0.3) is 20.0 Å². The average molecular weight is 1770 g/mol. The number of carboxylic acids is 3. The molecule has 2 aromatic carbocycles. The molecule has 10 aliphatic rings. The maximum absolute atomic E-state index is 15.1. The number of rotatable bonds is 16. The van der Waals surface area contributed by atoms with Crippen LogP contribution in [-0.4, -0.2) is 126 Å². The number of hydrogen-bond donors (Lipinski definition) is 4. The van der Waals surface area contributed by atoms with E-state index in [1.165, 1.54) is 36.7 Å². The summed E-state index contributed by atoms with van der Waals surface area (Å²) >= 11 is 5.71. The van der Waals surface area contributed by atoms with Gasteiger partial charge in [0.2, 0.25) is 5.28 Å². The maximum Gasteiger partial charge on any atom is 0.497 e. The third kappa shape index (κ3) is 17.5. The van der Waals surface area contributed by atoms with Crippen molar-refractivity contribution in [3.63, 3.8) is 0 Å². The first-order valence-corrected chi connectivity index (χ1v) is 42.5. The number of fused-ring (bicyclic) bond motifs is 12. The zero-order valence-corrected chi connectivity index (χ0v) is 71.0. The van der Waals surface area contributed by atoms with E-state index in [1.54, 1.807) is 48.8 Å². The quantitative estimate of drug-likeness (QED) is 0.0396. The summed E-state index contributed by atoms with van der Waals surface area (Å²) in [6.07, 6.45) is 23.8. The van der Waals surface area contributed by atoms with Gasteiger partial charge >= 0.3 is 25.0 Å². The summed E-state index contributed by atoms with van der Waals surface area (Å²) in [6.45, 7) is 13.2. The van der Waals surface area contributed by atoms with Crippen LogP contribution in [0.3, 0.4) is 0 Å². The molecule has 623 valence electrons. The number of pyridine rings is 3. The fourth-order valence-corrected chi connectivity index (χ4v) is 21.9. The van der Waals surface area contributed by atoms with Crippen LogP contribution in [0.4, 0.5) is 22.0 Å². The molecule has 0 spiro atoms. The van der Waals surface area contributed by atoms with Gasteiger partial charge in [-0.25, -0.2) is 91.6 Å². The molecule has 10 fully saturated rings. The van der Waals surface area contributed by atoms with Crippen LogP contribution in [0.25, 0.3) is 55.9 Å². The smallest absolute Gasteiger partial charge is 0.481 e. The van der Waals surface area contributed by atoms with Crippen molar-refractivity contribution in [2.24, 2.45) is 71.0 Å². The molecule has 24 nitrogen and oxygen atoms in total. The molecule has 0 amide bonds. The van der Waals surface area contributed by atoms with Gasteiger partial charge in [-0.2, -0.15) is 0 Å². The van der Waals surface area contributed by atoms with Crippen LogP contribution in [-0.2, 0) is 95.7 Å². The molecule has 1 aliphatic heterocycles. The van der Waals surface area contributed by atoms with Crippen molar-refractivity contribution in [1.82, 2.24) is 57.8 Å². The summed E-state index contributed by atoms with van der Waals surface area (Å²) < 4.78 is 139. The second-order valence-electron chi connectivity index (χ2n) is 33.2. The van der Waals surface area contributed by atoms with Crippen molar-refractivity contribution in [2.45, 2.75) is 173 Å². The number of carboxylic acid groups (broad SMARTS) is 3. The third-order valence-corrected chi connectivity index (χ3v) is 29.2. The van der Waals surface area contributed by atoms with Crippen LogP contribution in [0.5, 0.6) is 0 Å². The van der Waals surface area contributed by atoms with E-state index in [-0.39, 0.29) is 161 Å². The van der Waals surface area contributed by atoms with E-state index in [4.69, 9.17) is 20.9 Å². The molecule has 4 N–H and O–H groups in total. The van der Waals surface area contributed by atoms with Crippen molar-refractivity contribution < 1.29 is 111 Å². The van der Waals surface area contributed by atoms with Gasteiger partial charge in [0.1, 0.15) is 17.3 Å². The Morgan fingerprint density at radius 3 is 1.31 bits per heavy atom. The van der Waals surface area contributed by atoms with E-state index >= 15 is 4.39 Å². The van der Waals surface area contributed by atoms with Crippen LogP contribution in [0.15, 0.2) is 132 Å². The Labute approximate surface area is 716 Å². The summed E-state index contributed by atoms with van der Waals surface area (Å²) in [4.78, 5) is 76.0. The fourth-order valence-electron chi connectivity index (χ4n) is 19.1. The number of benzene rings is 2. The fraction of sp³-hybridized carbons (Fsp3) is 0.435. The van der Waals surface area contributed by atoms with Gasteiger partial charge in [0.05, 0.1) is 86.8 Å². The van der Waals surface area contributed by atoms with E-state index in [9.17, 15) is 64.1 Å². The van der Waals surface area contributed by atoms with Crippen LogP contribution < -0.4 is 5.46 Å².